The number of nitrogens with one attached hydrogen (secondary N) is 1. The lowest BCUT2D eigenvalue weighted by atomic mass is 9.97. The average molecular weight is 274 g/mol. The predicted molar refractivity (Wildman–Crippen MR) is 61.7 cm³/mol. The van der Waals surface area contributed by atoms with Crippen LogP contribution >= 0.6 is 0 Å². The molecule has 1 aromatic heterocycles. The molecule has 19 heavy (non-hydrogen) atoms. The largest absolute Gasteiger partial charge is 0.393 e. The molecule has 2 rings (SSSR count). The van der Waals surface area contributed by atoms with Crippen LogP contribution < -0.4 is 5.43 Å². The SMILES string of the molecule is O=C(c1c[nH]ccc1=O)N1CCCC(C(F)(F)F)C1. The highest BCUT2D eigenvalue weighted by atomic mass is 19.4. The molecule has 1 unspecified atom stereocenters. The highest BCUT2D eigenvalue weighted by Gasteiger charge is 2.42. The normalized spacial score (nSPS) is 20.4. The van der Waals surface area contributed by atoms with Crippen LogP contribution in [0.4, 0.5) is 13.2 Å². The van der Waals surface area contributed by atoms with Crippen molar-refractivity contribution in [1.29, 1.82) is 0 Å². The lowest BCUT2D eigenvalue weighted by Crippen LogP contribution is -2.45. The van der Waals surface area contributed by atoms with Crippen molar-refractivity contribution in [2.45, 2.75) is 19.0 Å². The summed E-state index contributed by atoms with van der Waals surface area (Å²) in [5, 5.41) is 0. The first kappa shape index (κ1) is 13.6. The number of H-pyrrole nitrogens is 1. The number of amides is 1. The number of nitrogens with zero attached hydrogens (tertiary/aromatic N) is 1. The molecule has 1 N–H and O–H groups in total. The van der Waals surface area contributed by atoms with Crippen LogP contribution in [0.5, 0.6) is 0 Å². The first-order valence-electron chi connectivity index (χ1n) is 5.92. The summed E-state index contributed by atoms with van der Waals surface area (Å²) in [6.07, 6.45) is -1.39. The molecule has 1 fully saturated rings. The maximum absolute atomic E-state index is 12.7. The molecule has 0 aliphatic carbocycles. The summed E-state index contributed by atoms with van der Waals surface area (Å²) in [6.45, 7) is -0.129. The molecule has 104 valence electrons. The number of rotatable bonds is 1. The van der Waals surface area contributed by atoms with Gasteiger partial charge in [-0.15, -0.1) is 0 Å². The summed E-state index contributed by atoms with van der Waals surface area (Å²) in [4.78, 5) is 27.2. The highest BCUT2D eigenvalue weighted by Crippen LogP contribution is 2.33. The van der Waals surface area contributed by atoms with E-state index < -0.39 is 23.4 Å². The van der Waals surface area contributed by atoms with Gasteiger partial charge in [0, 0.05) is 31.5 Å². The van der Waals surface area contributed by atoms with Gasteiger partial charge in [0.1, 0.15) is 5.56 Å². The van der Waals surface area contributed by atoms with Gasteiger partial charge >= 0.3 is 6.18 Å². The summed E-state index contributed by atoms with van der Waals surface area (Å²) in [5.74, 6) is -2.15. The molecule has 1 saturated heterocycles. The van der Waals surface area contributed by atoms with Crippen molar-refractivity contribution >= 4 is 5.91 Å². The lowest BCUT2D eigenvalue weighted by molar-refractivity contribution is -0.184. The fourth-order valence-corrected chi connectivity index (χ4v) is 2.18. The van der Waals surface area contributed by atoms with E-state index in [1.807, 2.05) is 0 Å². The molecule has 0 bridgehead atoms. The maximum Gasteiger partial charge on any atom is 0.393 e. The van der Waals surface area contributed by atoms with Crippen LogP contribution in [0.25, 0.3) is 0 Å². The van der Waals surface area contributed by atoms with E-state index in [0.29, 0.717) is 6.42 Å². The Balaban J connectivity index is 2.16. The molecule has 0 radical (unpaired) electrons. The van der Waals surface area contributed by atoms with E-state index in [4.69, 9.17) is 0 Å². The minimum Gasteiger partial charge on any atom is -0.367 e. The van der Waals surface area contributed by atoms with Gasteiger partial charge in [0.05, 0.1) is 5.92 Å². The first-order chi connectivity index (χ1) is 8.89. The third-order valence-electron chi connectivity index (χ3n) is 3.23. The first-order valence-corrected chi connectivity index (χ1v) is 5.92. The summed E-state index contributed by atoms with van der Waals surface area (Å²) in [5.41, 5.74) is -0.608. The molecule has 0 spiro atoms. The minimum absolute atomic E-state index is 0.0262. The van der Waals surface area contributed by atoms with Crippen LogP contribution in [0.3, 0.4) is 0 Å². The fraction of sp³-hybridized carbons (Fsp3) is 0.500. The van der Waals surface area contributed by atoms with Crippen molar-refractivity contribution in [1.82, 2.24) is 9.88 Å². The third-order valence-corrected chi connectivity index (χ3v) is 3.23. The summed E-state index contributed by atoms with van der Waals surface area (Å²) < 4.78 is 38.0. The monoisotopic (exact) mass is 274 g/mol. The maximum atomic E-state index is 12.7. The van der Waals surface area contributed by atoms with Gasteiger partial charge in [0.25, 0.3) is 5.91 Å². The van der Waals surface area contributed by atoms with Gasteiger partial charge < -0.3 is 9.88 Å². The second-order valence-electron chi connectivity index (χ2n) is 4.55. The number of halogens is 3. The molecule has 0 aromatic carbocycles. The molecule has 1 atom stereocenters. The molecule has 1 amide bonds. The van der Waals surface area contributed by atoms with Crippen molar-refractivity contribution < 1.29 is 18.0 Å². The Morgan fingerprint density at radius 3 is 2.79 bits per heavy atom. The van der Waals surface area contributed by atoms with Gasteiger partial charge in [-0.3, -0.25) is 9.59 Å². The Kier molecular flexibility index (Phi) is 3.64. The van der Waals surface area contributed by atoms with E-state index in [0.717, 1.165) is 4.90 Å². The van der Waals surface area contributed by atoms with Crippen LogP contribution in [0.2, 0.25) is 0 Å². The number of aromatic nitrogens is 1. The van der Waals surface area contributed by atoms with Crippen LogP contribution in [0.15, 0.2) is 23.3 Å². The van der Waals surface area contributed by atoms with Crippen molar-refractivity contribution in [2.75, 3.05) is 13.1 Å². The number of pyridine rings is 1. The number of piperidine rings is 1. The van der Waals surface area contributed by atoms with Crippen molar-refractivity contribution in [3.63, 3.8) is 0 Å². The Labute approximate surface area is 107 Å². The van der Waals surface area contributed by atoms with Gasteiger partial charge in [-0.1, -0.05) is 0 Å². The standard InChI is InChI=1S/C12H13F3N2O2/c13-12(14,15)8-2-1-5-17(7-8)11(19)9-6-16-4-3-10(9)18/h3-4,6,8H,1-2,5,7H2,(H,16,18). The van der Waals surface area contributed by atoms with E-state index in [-0.39, 0.29) is 25.1 Å². The average Bonchev–Trinajstić information content (AvgIpc) is 2.38. The molecule has 1 aliphatic rings. The van der Waals surface area contributed by atoms with Gasteiger partial charge in [-0.2, -0.15) is 13.2 Å². The fourth-order valence-electron chi connectivity index (χ4n) is 2.18. The Morgan fingerprint density at radius 1 is 1.42 bits per heavy atom. The Morgan fingerprint density at radius 2 is 2.16 bits per heavy atom. The van der Waals surface area contributed by atoms with Gasteiger partial charge in [-0.05, 0) is 12.8 Å². The zero-order valence-electron chi connectivity index (χ0n) is 10.0. The number of hydrogen-bond donors (Lipinski definition) is 1. The van der Waals surface area contributed by atoms with Crippen LogP contribution in [-0.2, 0) is 0 Å². The van der Waals surface area contributed by atoms with Crippen molar-refractivity contribution in [2.24, 2.45) is 5.92 Å². The van der Waals surface area contributed by atoms with Gasteiger partial charge in [0.2, 0.25) is 0 Å². The number of aromatic amines is 1. The molecular weight excluding hydrogens is 261 g/mol. The molecule has 7 heteroatoms. The minimum atomic E-state index is -4.30. The van der Waals surface area contributed by atoms with E-state index in [1.54, 1.807) is 0 Å². The van der Waals surface area contributed by atoms with E-state index in [2.05, 4.69) is 4.98 Å². The predicted octanol–water partition coefficient (Wildman–Crippen LogP) is 1.79. The number of carbonyl (C=O) groups excluding carboxylic acids is 1. The molecule has 1 aliphatic heterocycles. The van der Waals surface area contributed by atoms with Crippen molar-refractivity contribution in [3.8, 4) is 0 Å². The molecule has 1 aromatic rings. The topological polar surface area (TPSA) is 53.2 Å². The second kappa shape index (κ2) is 5.07. The molecule has 2 heterocycles. The third kappa shape index (κ3) is 2.97. The zero-order chi connectivity index (χ0) is 14.0. The summed E-state index contributed by atoms with van der Waals surface area (Å²) in [6, 6.07) is 1.18. The highest BCUT2D eigenvalue weighted by molar-refractivity contribution is 5.93. The zero-order valence-corrected chi connectivity index (χ0v) is 10.0. The Bertz CT molecular complexity index is 524. The van der Waals surface area contributed by atoms with E-state index in [1.165, 1.54) is 18.5 Å². The van der Waals surface area contributed by atoms with Gasteiger partial charge in [0.15, 0.2) is 5.43 Å². The molecule has 0 saturated carbocycles. The Hall–Kier alpha value is -1.79. The number of likely N-dealkylation sites (tertiary alicyclic amines) is 1. The quantitative estimate of drug-likeness (QED) is 0.848. The second-order valence-corrected chi connectivity index (χ2v) is 4.55. The molecular formula is C12H13F3N2O2. The van der Waals surface area contributed by atoms with Crippen LogP contribution in [0.1, 0.15) is 23.2 Å². The summed E-state index contributed by atoms with van der Waals surface area (Å²) in [7, 11) is 0. The number of carbonyl (C=O) groups is 1. The number of alkyl halides is 3. The number of hydrogen-bond acceptors (Lipinski definition) is 2. The van der Waals surface area contributed by atoms with E-state index >= 15 is 0 Å². The van der Waals surface area contributed by atoms with Crippen molar-refractivity contribution in [3.05, 3.63) is 34.2 Å². The van der Waals surface area contributed by atoms with Crippen LogP contribution in [-0.4, -0.2) is 35.1 Å². The smallest absolute Gasteiger partial charge is 0.367 e. The van der Waals surface area contributed by atoms with Crippen LogP contribution in [0, 0.1) is 5.92 Å². The van der Waals surface area contributed by atoms with E-state index in [9.17, 15) is 22.8 Å². The molecule has 4 nitrogen and oxygen atoms in total. The van der Waals surface area contributed by atoms with Gasteiger partial charge in [-0.25, -0.2) is 0 Å². The lowest BCUT2D eigenvalue weighted by Gasteiger charge is -2.33. The summed E-state index contributed by atoms with van der Waals surface area (Å²) >= 11 is 0.